The van der Waals surface area contributed by atoms with Crippen molar-refractivity contribution in [3.8, 4) is 5.75 Å². The number of halogens is 1. The van der Waals surface area contributed by atoms with Crippen molar-refractivity contribution < 1.29 is 18.7 Å². The minimum atomic E-state index is -0.428. The fraction of sp³-hybridized carbons (Fsp3) is 0.300. The molecule has 0 unspecified atom stereocenters. The van der Waals surface area contributed by atoms with Gasteiger partial charge in [-0.3, -0.25) is 4.79 Å². The third kappa shape index (κ3) is 4.43. The monoisotopic (exact) mass is 371 g/mol. The second-order valence-corrected chi connectivity index (χ2v) is 6.11. The SMILES string of the molecule is COCCN(CCOc1ccccc1F)C(=O)c1cn2cccc(C)c2n1. The van der Waals surface area contributed by atoms with Crippen molar-refractivity contribution in [2.45, 2.75) is 6.92 Å². The summed E-state index contributed by atoms with van der Waals surface area (Å²) < 4.78 is 26.1. The van der Waals surface area contributed by atoms with Crippen LogP contribution in [0.2, 0.25) is 0 Å². The molecule has 1 aromatic carbocycles. The summed E-state index contributed by atoms with van der Waals surface area (Å²) in [6, 6.07) is 10.0. The van der Waals surface area contributed by atoms with Gasteiger partial charge in [-0.2, -0.15) is 0 Å². The summed E-state index contributed by atoms with van der Waals surface area (Å²) in [5.74, 6) is -0.477. The number of hydrogen-bond acceptors (Lipinski definition) is 4. The Morgan fingerprint density at radius 3 is 2.70 bits per heavy atom. The molecule has 142 valence electrons. The minimum Gasteiger partial charge on any atom is -0.489 e. The van der Waals surface area contributed by atoms with E-state index >= 15 is 0 Å². The van der Waals surface area contributed by atoms with Crippen LogP contribution in [0.1, 0.15) is 16.1 Å². The predicted molar refractivity (Wildman–Crippen MR) is 99.6 cm³/mol. The smallest absolute Gasteiger partial charge is 0.274 e. The number of methoxy groups -OCH3 is 1. The van der Waals surface area contributed by atoms with Crippen LogP contribution in [0.5, 0.6) is 5.75 Å². The number of ether oxygens (including phenoxy) is 2. The topological polar surface area (TPSA) is 56.1 Å². The largest absolute Gasteiger partial charge is 0.489 e. The Bertz CT molecular complexity index is 926. The maximum Gasteiger partial charge on any atom is 0.274 e. The predicted octanol–water partition coefficient (Wildman–Crippen LogP) is 2.95. The molecule has 0 fully saturated rings. The Kier molecular flexibility index (Phi) is 6.03. The van der Waals surface area contributed by atoms with Crippen LogP contribution in [-0.2, 0) is 4.74 Å². The number of amides is 1. The maximum atomic E-state index is 13.7. The van der Waals surface area contributed by atoms with Crippen LogP contribution in [0.3, 0.4) is 0 Å². The second-order valence-electron chi connectivity index (χ2n) is 6.11. The molecule has 0 N–H and O–H groups in total. The summed E-state index contributed by atoms with van der Waals surface area (Å²) in [6.07, 6.45) is 3.56. The number of pyridine rings is 1. The van der Waals surface area contributed by atoms with Gasteiger partial charge in [-0.15, -0.1) is 0 Å². The van der Waals surface area contributed by atoms with Crippen LogP contribution in [0.15, 0.2) is 48.8 Å². The number of aryl methyl sites for hydroxylation is 1. The number of nitrogens with zero attached hydrogens (tertiary/aromatic N) is 3. The molecular weight excluding hydrogens is 349 g/mol. The summed E-state index contributed by atoms with van der Waals surface area (Å²) in [5, 5.41) is 0. The van der Waals surface area contributed by atoms with E-state index < -0.39 is 5.82 Å². The van der Waals surface area contributed by atoms with Crippen LogP contribution in [0.4, 0.5) is 4.39 Å². The van der Waals surface area contributed by atoms with E-state index in [4.69, 9.17) is 9.47 Å². The zero-order chi connectivity index (χ0) is 19.2. The Hall–Kier alpha value is -2.93. The Labute approximate surface area is 157 Å². The number of carbonyl (C=O) groups excluding carboxylic acids is 1. The molecule has 0 saturated carbocycles. The summed E-state index contributed by atoms with van der Waals surface area (Å²) in [6.45, 7) is 3.19. The van der Waals surface area contributed by atoms with Gasteiger partial charge in [0.1, 0.15) is 17.9 Å². The van der Waals surface area contributed by atoms with Gasteiger partial charge in [-0.25, -0.2) is 9.37 Å². The minimum absolute atomic E-state index is 0.167. The van der Waals surface area contributed by atoms with Crippen LogP contribution in [-0.4, -0.2) is 53.6 Å². The van der Waals surface area contributed by atoms with E-state index in [0.29, 0.717) is 25.4 Å². The van der Waals surface area contributed by atoms with Gasteiger partial charge in [0.25, 0.3) is 5.91 Å². The van der Waals surface area contributed by atoms with E-state index in [1.165, 1.54) is 6.07 Å². The molecule has 27 heavy (non-hydrogen) atoms. The summed E-state index contributed by atoms with van der Waals surface area (Å²) in [7, 11) is 1.58. The molecule has 1 amide bonds. The Morgan fingerprint density at radius 2 is 1.96 bits per heavy atom. The number of imidazole rings is 1. The number of fused-ring (bicyclic) bond motifs is 1. The van der Waals surface area contributed by atoms with E-state index in [9.17, 15) is 9.18 Å². The zero-order valence-electron chi connectivity index (χ0n) is 15.4. The zero-order valence-corrected chi connectivity index (χ0v) is 15.4. The van der Waals surface area contributed by atoms with Crippen LogP contribution in [0.25, 0.3) is 5.65 Å². The fourth-order valence-electron chi connectivity index (χ4n) is 2.76. The van der Waals surface area contributed by atoms with E-state index in [0.717, 1.165) is 11.2 Å². The van der Waals surface area contributed by atoms with Gasteiger partial charge >= 0.3 is 0 Å². The molecule has 0 spiro atoms. The maximum absolute atomic E-state index is 13.7. The standard InChI is InChI=1S/C20H22FN3O3/c1-15-6-5-9-24-14-17(22-19(15)24)20(25)23(10-12-26-2)11-13-27-18-8-4-3-7-16(18)21/h3-9,14H,10-13H2,1-2H3. The number of para-hydroxylation sites is 1. The lowest BCUT2D eigenvalue weighted by Gasteiger charge is -2.21. The summed E-state index contributed by atoms with van der Waals surface area (Å²) in [5.41, 5.74) is 2.09. The lowest BCUT2D eigenvalue weighted by atomic mass is 10.3. The Balaban J connectivity index is 1.71. The van der Waals surface area contributed by atoms with Gasteiger partial charge in [-0.1, -0.05) is 18.2 Å². The third-order valence-corrected chi connectivity index (χ3v) is 4.20. The molecule has 2 heterocycles. The molecule has 0 aliphatic rings. The van der Waals surface area contributed by atoms with Gasteiger partial charge in [-0.05, 0) is 30.7 Å². The van der Waals surface area contributed by atoms with Crippen molar-refractivity contribution >= 4 is 11.6 Å². The lowest BCUT2D eigenvalue weighted by molar-refractivity contribution is 0.0659. The first-order valence-electron chi connectivity index (χ1n) is 8.70. The van der Waals surface area contributed by atoms with Gasteiger partial charge < -0.3 is 18.8 Å². The van der Waals surface area contributed by atoms with Gasteiger partial charge in [0, 0.05) is 26.0 Å². The third-order valence-electron chi connectivity index (χ3n) is 4.20. The molecular formula is C20H22FN3O3. The number of rotatable bonds is 8. The molecule has 0 atom stereocenters. The molecule has 7 heteroatoms. The summed E-state index contributed by atoms with van der Waals surface area (Å²) >= 11 is 0. The van der Waals surface area contributed by atoms with E-state index in [2.05, 4.69) is 4.98 Å². The second kappa shape index (κ2) is 8.64. The van der Waals surface area contributed by atoms with Gasteiger partial charge in [0.2, 0.25) is 0 Å². The van der Waals surface area contributed by atoms with Crippen LogP contribution in [0, 0.1) is 12.7 Å². The van der Waals surface area contributed by atoms with E-state index in [1.54, 1.807) is 36.4 Å². The number of carbonyl (C=O) groups is 1. The number of benzene rings is 1. The molecule has 6 nitrogen and oxygen atoms in total. The molecule has 0 aliphatic carbocycles. The number of aromatic nitrogens is 2. The Morgan fingerprint density at radius 1 is 1.19 bits per heavy atom. The molecule has 2 aromatic heterocycles. The van der Waals surface area contributed by atoms with Crippen molar-refractivity contribution in [3.05, 3.63) is 65.9 Å². The summed E-state index contributed by atoms with van der Waals surface area (Å²) in [4.78, 5) is 19.0. The van der Waals surface area contributed by atoms with Crippen molar-refractivity contribution in [3.63, 3.8) is 0 Å². The highest BCUT2D eigenvalue weighted by Gasteiger charge is 2.19. The molecule has 3 rings (SSSR count). The van der Waals surface area contributed by atoms with E-state index in [1.807, 2.05) is 29.7 Å². The van der Waals surface area contributed by atoms with Crippen molar-refractivity contribution in [1.82, 2.24) is 14.3 Å². The average Bonchev–Trinajstić information content (AvgIpc) is 3.11. The first-order chi connectivity index (χ1) is 13.1. The molecule has 0 aliphatic heterocycles. The lowest BCUT2D eigenvalue weighted by Crippen LogP contribution is -2.37. The van der Waals surface area contributed by atoms with Gasteiger partial charge in [0.15, 0.2) is 11.6 Å². The first-order valence-corrected chi connectivity index (χ1v) is 8.70. The molecule has 0 radical (unpaired) electrons. The quantitative estimate of drug-likeness (QED) is 0.611. The van der Waals surface area contributed by atoms with E-state index in [-0.39, 0.29) is 18.3 Å². The normalized spacial score (nSPS) is 10.9. The first kappa shape index (κ1) is 18.8. The van der Waals surface area contributed by atoms with Gasteiger partial charge in [0.05, 0.1) is 13.2 Å². The fourth-order valence-corrected chi connectivity index (χ4v) is 2.76. The molecule has 0 bridgehead atoms. The average molecular weight is 371 g/mol. The number of hydrogen-bond donors (Lipinski definition) is 0. The highest BCUT2D eigenvalue weighted by atomic mass is 19.1. The van der Waals surface area contributed by atoms with Crippen LogP contribution >= 0.6 is 0 Å². The highest BCUT2D eigenvalue weighted by Crippen LogP contribution is 2.16. The van der Waals surface area contributed by atoms with Crippen LogP contribution < -0.4 is 4.74 Å². The highest BCUT2D eigenvalue weighted by molar-refractivity contribution is 5.93. The van der Waals surface area contributed by atoms with Crippen molar-refractivity contribution in [2.24, 2.45) is 0 Å². The molecule has 0 saturated heterocycles. The van der Waals surface area contributed by atoms with Crippen molar-refractivity contribution in [2.75, 3.05) is 33.4 Å². The van der Waals surface area contributed by atoms with Crippen molar-refractivity contribution in [1.29, 1.82) is 0 Å². The molecule has 3 aromatic rings.